The number of aromatic nitrogens is 3. The van der Waals surface area contributed by atoms with Gasteiger partial charge in [-0.3, -0.25) is 14.5 Å². The number of carbonyl (C=O) groups excluding carboxylic acids is 2. The molecule has 134 valence electrons. The van der Waals surface area contributed by atoms with E-state index < -0.39 is 5.97 Å². The number of hydrogen-bond donors (Lipinski definition) is 0. The van der Waals surface area contributed by atoms with Crippen molar-refractivity contribution in [3.63, 3.8) is 0 Å². The number of ether oxygens (including phenoxy) is 1. The van der Waals surface area contributed by atoms with Crippen molar-refractivity contribution in [3.05, 3.63) is 33.8 Å². The van der Waals surface area contributed by atoms with Crippen LogP contribution in [0.15, 0.2) is 26.7 Å². The summed E-state index contributed by atoms with van der Waals surface area (Å²) < 4.78 is 10.3. The van der Waals surface area contributed by atoms with Gasteiger partial charge in [-0.1, -0.05) is 5.16 Å². The highest BCUT2D eigenvalue weighted by molar-refractivity contribution is 7.14. The zero-order valence-electron chi connectivity index (χ0n) is 13.6. The zero-order valence-corrected chi connectivity index (χ0v) is 15.2. The largest absolute Gasteiger partial charge is 0.455 e. The van der Waals surface area contributed by atoms with Crippen molar-refractivity contribution in [2.24, 2.45) is 0 Å². The van der Waals surface area contributed by atoms with E-state index in [1.165, 1.54) is 22.7 Å². The van der Waals surface area contributed by atoms with Gasteiger partial charge in [-0.2, -0.15) is 16.3 Å². The molecule has 10 heteroatoms. The Balaban J connectivity index is 1.30. The fourth-order valence-electron chi connectivity index (χ4n) is 2.52. The summed E-state index contributed by atoms with van der Waals surface area (Å²) >= 11 is 2.89. The Morgan fingerprint density at radius 1 is 1.35 bits per heavy atom. The third-order valence-corrected chi connectivity index (χ3v) is 5.37. The summed E-state index contributed by atoms with van der Waals surface area (Å²) in [6.45, 7) is 0.595. The third kappa shape index (κ3) is 3.65. The molecule has 0 saturated carbocycles. The quantitative estimate of drug-likeness (QED) is 0.597. The fraction of sp³-hybridized carbons (Fsp3) is 0.312. The number of carbonyl (C=O) groups is 2. The first-order valence-corrected chi connectivity index (χ1v) is 9.77. The van der Waals surface area contributed by atoms with Crippen molar-refractivity contribution in [2.45, 2.75) is 25.9 Å². The van der Waals surface area contributed by atoms with E-state index in [0.717, 1.165) is 12.0 Å². The maximum absolute atomic E-state index is 12.0. The lowest BCUT2D eigenvalue weighted by Gasteiger charge is -2.10. The van der Waals surface area contributed by atoms with Crippen molar-refractivity contribution in [3.8, 4) is 11.4 Å². The Kier molecular flexibility index (Phi) is 4.76. The number of rotatable bonds is 6. The van der Waals surface area contributed by atoms with Gasteiger partial charge in [-0.15, -0.1) is 11.3 Å². The number of esters is 1. The third-order valence-electron chi connectivity index (χ3n) is 3.77. The summed E-state index contributed by atoms with van der Waals surface area (Å²) in [5.41, 5.74) is 1.45. The van der Waals surface area contributed by atoms with Crippen LogP contribution in [-0.4, -0.2) is 33.5 Å². The highest BCUT2D eigenvalue weighted by Gasteiger charge is 2.24. The Morgan fingerprint density at radius 2 is 2.27 bits per heavy atom. The lowest BCUT2D eigenvalue weighted by Crippen LogP contribution is -2.23. The van der Waals surface area contributed by atoms with Crippen LogP contribution in [0.3, 0.4) is 0 Å². The molecule has 8 nitrogen and oxygen atoms in total. The van der Waals surface area contributed by atoms with E-state index in [0.29, 0.717) is 29.6 Å². The van der Waals surface area contributed by atoms with Crippen molar-refractivity contribution in [2.75, 3.05) is 11.4 Å². The Hall–Kier alpha value is -2.59. The van der Waals surface area contributed by atoms with Crippen LogP contribution < -0.4 is 4.90 Å². The van der Waals surface area contributed by atoms with E-state index in [2.05, 4.69) is 15.1 Å². The van der Waals surface area contributed by atoms with E-state index in [-0.39, 0.29) is 24.8 Å². The molecule has 0 N–H and O–H groups in total. The van der Waals surface area contributed by atoms with Crippen LogP contribution >= 0.6 is 22.7 Å². The van der Waals surface area contributed by atoms with E-state index >= 15 is 0 Å². The molecular formula is C16H14N4O4S2. The average Bonchev–Trinajstić information content (AvgIpc) is 3.40. The van der Waals surface area contributed by atoms with Crippen LogP contribution in [-0.2, 0) is 27.4 Å². The van der Waals surface area contributed by atoms with Crippen LogP contribution in [0.5, 0.6) is 0 Å². The number of anilines is 1. The summed E-state index contributed by atoms with van der Waals surface area (Å²) in [6.07, 6.45) is 1.42. The van der Waals surface area contributed by atoms with Gasteiger partial charge in [0.2, 0.25) is 11.7 Å². The first kappa shape index (κ1) is 16.9. The Bertz CT molecular complexity index is 918. The summed E-state index contributed by atoms with van der Waals surface area (Å²) in [5, 5.41) is 10.1. The first-order chi connectivity index (χ1) is 12.7. The molecule has 4 heterocycles. The standard InChI is InChI=1S/C16H14N4O4S2/c21-13-2-1-4-20(13)16-17-11(9-26-16)6-14(22)23-7-12-18-15(19-24-12)10-3-5-25-8-10/h3,5,8-9H,1-2,4,6-7H2. The normalized spacial score (nSPS) is 14.2. The number of thiophene rings is 1. The maximum Gasteiger partial charge on any atom is 0.312 e. The van der Waals surface area contributed by atoms with Crippen LogP contribution in [0.25, 0.3) is 11.4 Å². The summed E-state index contributed by atoms with van der Waals surface area (Å²) in [4.78, 5) is 33.9. The van der Waals surface area contributed by atoms with Gasteiger partial charge >= 0.3 is 5.97 Å². The molecule has 1 amide bonds. The minimum atomic E-state index is -0.440. The van der Waals surface area contributed by atoms with Crippen molar-refractivity contribution in [1.29, 1.82) is 0 Å². The molecule has 3 aromatic heterocycles. The lowest BCUT2D eigenvalue weighted by atomic mass is 10.3. The smallest absolute Gasteiger partial charge is 0.312 e. The van der Waals surface area contributed by atoms with Gasteiger partial charge in [0.1, 0.15) is 0 Å². The minimum absolute atomic E-state index is 0.0318. The van der Waals surface area contributed by atoms with Gasteiger partial charge in [0, 0.05) is 29.3 Å². The SMILES string of the molecule is O=C(Cc1csc(N2CCCC2=O)n1)OCc1nc(-c2ccsc2)no1. The van der Waals surface area contributed by atoms with Crippen LogP contribution in [0.4, 0.5) is 5.13 Å². The van der Waals surface area contributed by atoms with Gasteiger partial charge in [0.25, 0.3) is 5.89 Å². The number of amides is 1. The molecule has 26 heavy (non-hydrogen) atoms. The summed E-state index contributed by atoms with van der Waals surface area (Å²) in [7, 11) is 0. The fourth-order valence-corrected chi connectivity index (χ4v) is 4.02. The topological polar surface area (TPSA) is 98.4 Å². The average molecular weight is 390 g/mol. The van der Waals surface area contributed by atoms with Gasteiger partial charge in [-0.25, -0.2) is 4.98 Å². The maximum atomic E-state index is 12.0. The lowest BCUT2D eigenvalue weighted by molar-refractivity contribution is -0.145. The van der Waals surface area contributed by atoms with E-state index in [9.17, 15) is 9.59 Å². The first-order valence-electron chi connectivity index (χ1n) is 7.94. The number of hydrogen-bond acceptors (Lipinski definition) is 9. The second kappa shape index (κ2) is 7.34. The second-order valence-electron chi connectivity index (χ2n) is 5.63. The van der Waals surface area contributed by atoms with Crippen molar-refractivity contribution >= 4 is 39.7 Å². The second-order valence-corrected chi connectivity index (χ2v) is 7.25. The van der Waals surface area contributed by atoms with Crippen LogP contribution in [0, 0.1) is 0 Å². The molecule has 1 aliphatic heterocycles. The zero-order chi connectivity index (χ0) is 17.9. The highest BCUT2D eigenvalue weighted by Crippen LogP contribution is 2.25. The molecule has 4 rings (SSSR count). The molecule has 0 radical (unpaired) electrons. The molecule has 3 aromatic rings. The van der Waals surface area contributed by atoms with Gasteiger partial charge in [0.15, 0.2) is 11.7 Å². The number of thiazole rings is 1. The van der Waals surface area contributed by atoms with Crippen molar-refractivity contribution in [1.82, 2.24) is 15.1 Å². The van der Waals surface area contributed by atoms with Gasteiger partial charge in [0.05, 0.1) is 12.1 Å². The minimum Gasteiger partial charge on any atom is -0.455 e. The van der Waals surface area contributed by atoms with E-state index in [1.54, 1.807) is 10.3 Å². The predicted octanol–water partition coefficient (Wildman–Crippen LogP) is 2.67. The van der Waals surface area contributed by atoms with E-state index in [4.69, 9.17) is 9.26 Å². The molecule has 0 bridgehead atoms. The van der Waals surface area contributed by atoms with Crippen LogP contribution in [0.2, 0.25) is 0 Å². The molecule has 0 spiro atoms. The molecular weight excluding hydrogens is 376 g/mol. The van der Waals surface area contributed by atoms with Gasteiger partial charge in [-0.05, 0) is 17.9 Å². The Labute approximate surface area is 156 Å². The predicted molar refractivity (Wildman–Crippen MR) is 94.8 cm³/mol. The van der Waals surface area contributed by atoms with Crippen molar-refractivity contribution < 1.29 is 18.8 Å². The monoisotopic (exact) mass is 390 g/mol. The van der Waals surface area contributed by atoms with Crippen LogP contribution in [0.1, 0.15) is 24.4 Å². The summed E-state index contributed by atoms with van der Waals surface area (Å²) in [6, 6.07) is 1.89. The molecule has 0 aromatic carbocycles. The Morgan fingerprint density at radius 3 is 3.04 bits per heavy atom. The van der Waals surface area contributed by atoms with E-state index in [1.807, 2.05) is 16.8 Å². The number of nitrogens with zero attached hydrogens (tertiary/aromatic N) is 4. The summed E-state index contributed by atoms with van der Waals surface area (Å²) in [5.74, 6) is 0.342. The molecule has 1 aliphatic rings. The molecule has 0 aliphatic carbocycles. The molecule has 0 unspecified atom stereocenters. The molecule has 0 atom stereocenters. The highest BCUT2D eigenvalue weighted by atomic mass is 32.1. The van der Waals surface area contributed by atoms with Gasteiger partial charge < -0.3 is 9.26 Å². The molecule has 1 fully saturated rings. The molecule has 1 saturated heterocycles.